The van der Waals surface area contributed by atoms with E-state index >= 15 is 0 Å². The highest BCUT2D eigenvalue weighted by Gasteiger charge is 2.31. The summed E-state index contributed by atoms with van der Waals surface area (Å²) in [5.41, 5.74) is -0.730. The molecule has 4 atom stereocenters. The van der Waals surface area contributed by atoms with E-state index in [-0.39, 0.29) is 41.7 Å². The Balaban J connectivity index is 1.24. The number of carboxylic acids is 1. The van der Waals surface area contributed by atoms with Crippen molar-refractivity contribution in [1.29, 1.82) is 0 Å². The van der Waals surface area contributed by atoms with Crippen LogP contribution in [0.15, 0.2) is 9.05 Å². The van der Waals surface area contributed by atoms with Crippen molar-refractivity contribution in [3.8, 4) is 0 Å². The fourth-order valence-corrected chi connectivity index (χ4v) is 8.52. The number of carbonyl (C=O) groups excluding carboxylic acids is 1. The fraction of sp³-hybridized carbons (Fsp3) is 0.857. The van der Waals surface area contributed by atoms with E-state index in [0.717, 1.165) is 44.4 Å². The second-order valence-electron chi connectivity index (χ2n) is 19.2. The van der Waals surface area contributed by atoms with Crippen LogP contribution in [-0.4, -0.2) is 54.0 Å². The van der Waals surface area contributed by atoms with E-state index in [4.69, 9.17) is 18.8 Å². The number of carbonyl (C=O) groups is 2. The van der Waals surface area contributed by atoms with Crippen molar-refractivity contribution in [3.05, 3.63) is 23.4 Å². The fourth-order valence-electron chi connectivity index (χ4n) is 8.52. The van der Waals surface area contributed by atoms with Crippen molar-refractivity contribution in [2.45, 2.75) is 213 Å². The Kier molecular flexibility index (Phi) is 16.5. The zero-order chi connectivity index (χ0) is 39.4. The molecule has 2 aromatic rings. The lowest BCUT2D eigenvalue weighted by Gasteiger charge is -2.35. The van der Waals surface area contributed by atoms with Gasteiger partial charge >= 0.3 is 11.9 Å². The molecule has 4 rings (SSSR count). The molecule has 2 aromatic heterocycles. The van der Waals surface area contributed by atoms with Gasteiger partial charge in [0.15, 0.2) is 11.6 Å². The van der Waals surface area contributed by atoms with Crippen molar-refractivity contribution in [2.75, 3.05) is 0 Å². The molecule has 2 aliphatic rings. The van der Waals surface area contributed by atoms with Crippen molar-refractivity contribution >= 4 is 11.9 Å². The summed E-state index contributed by atoms with van der Waals surface area (Å²) in [6, 6.07) is 0. The van der Waals surface area contributed by atoms with E-state index in [2.05, 4.69) is 60.5 Å². The summed E-state index contributed by atoms with van der Waals surface area (Å²) >= 11 is 0. The van der Waals surface area contributed by atoms with E-state index in [1.807, 2.05) is 20.8 Å². The monoisotopic (exact) mass is 757 g/mol. The van der Waals surface area contributed by atoms with Crippen molar-refractivity contribution in [3.63, 3.8) is 0 Å². The smallest absolute Gasteiger partial charge is 0.307 e. The molecule has 0 bridgehead atoms. The molecule has 12 heteroatoms. The number of nitrogens with one attached hydrogen (secondary N) is 2. The molecule has 2 saturated carbocycles. The lowest BCUT2D eigenvalue weighted by atomic mass is 9.74. The Hall–Kier alpha value is -2.86. The molecule has 306 valence electrons. The molecule has 0 radical (unpaired) electrons. The number of ether oxygens (including phenoxy) is 1. The minimum Gasteiger partial charge on any atom is -0.481 e. The molecule has 2 fully saturated rings. The molecule has 0 saturated heterocycles. The van der Waals surface area contributed by atoms with Gasteiger partial charge in [-0.3, -0.25) is 9.59 Å². The zero-order valence-corrected chi connectivity index (χ0v) is 34.8. The van der Waals surface area contributed by atoms with Crippen LogP contribution in [0.25, 0.3) is 0 Å². The highest BCUT2D eigenvalue weighted by molar-refractivity contribution is 5.70. The van der Waals surface area contributed by atoms with E-state index in [1.54, 1.807) is 0 Å². The third-order valence-electron chi connectivity index (χ3n) is 11.2. The van der Waals surface area contributed by atoms with Gasteiger partial charge in [0.25, 0.3) is 0 Å². The standard InChI is InChI=1S/C42H72N6O6/c1-40(2,3)43-27-34-45-38(53-47-34)32(24-36(49)50)21-14-19-30-18-12-20-31(23-30)26-42(7,8)44-28-35-46-39(54-48-35)33(25-37(51)52-41(4,5)6)22-13-17-29-15-10-9-11-16-29/h29-33,43-44H,9-28H2,1-8H3,(H,49,50)/t30?,31?,32-,33-/m1/s1. The van der Waals surface area contributed by atoms with Crippen molar-refractivity contribution in [2.24, 2.45) is 17.8 Å². The van der Waals surface area contributed by atoms with E-state index in [9.17, 15) is 14.7 Å². The van der Waals surface area contributed by atoms with Crippen LogP contribution in [-0.2, 0) is 27.4 Å². The van der Waals surface area contributed by atoms with Gasteiger partial charge in [-0.2, -0.15) is 9.97 Å². The molecular formula is C42H72N6O6. The maximum Gasteiger partial charge on any atom is 0.307 e. The van der Waals surface area contributed by atoms with Gasteiger partial charge in [-0.1, -0.05) is 87.4 Å². The molecule has 0 aromatic carbocycles. The molecule has 0 spiro atoms. The molecule has 12 nitrogen and oxygen atoms in total. The Labute approximate surface area is 324 Å². The van der Waals surface area contributed by atoms with Gasteiger partial charge in [0.2, 0.25) is 11.8 Å². The van der Waals surface area contributed by atoms with Gasteiger partial charge in [-0.05, 0) is 98.8 Å². The van der Waals surface area contributed by atoms with Gasteiger partial charge in [-0.25, -0.2) is 0 Å². The summed E-state index contributed by atoms with van der Waals surface area (Å²) in [6.45, 7) is 17.4. The minimum absolute atomic E-state index is 0.00578. The molecule has 2 unspecified atom stereocenters. The summed E-state index contributed by atoms with van der Waals surface area (Å²) in [5, 5.41) is 25.1. The SMILES string of the molecule is CC(C)(C)NCc1noc([C@H](CCCC2CCCC(CC(C)(C)NCc3noc([C@H](CCCC4CCCCC4)CC(=O)OC(C)(C)C)n3)C2)CC(=O)O)n1. The lowest BCUT2D eigenvalue weighted by Crippen LogP contribution is -2.41. The van der Waals surface area contributed by atoms with Crippen LogP contribution >= 0.6 is 0 Å². The molecule has 54 heavy (non-hydrogen) atoms. The topological polar surface area (TPSA) is 166 Å². The van der Waals surface area contributed by atoms with E-state index < -0.39 is 11.6 Å². The molecule has 2 heterocycles. The van der Waals surface area contributed by atoms with Crippen LogP contribution in [0.1, 0.15) is 206 Å². The number of esters is 1. The number of rotatable bonds is 21. The van der Waals surface area contributed by atoms with Gasteiger partial charge in [-0.15, -0.1) is 0 Å². The van der Waals surface area contributed by atoms with Crippen molar-refractivity contribution in [1.82, 2.24) is 30.9 Å². The maximum absolute atomic E-state index is 12.9. The first-order chi connectivity index (χ1) is 25.4. The van der Waals surface area contributed by atoms with Gasteiger partial charge < -0.3 is 29.5 Å². The van der Waals surface area contributed by atoms with Crippen LogP contribution in [0.4, 0.5) is 0 Å². The second-order valence-corrected chi connectivity index (χ2v) is 19.2. The molecule has 0 amide bonds. The Morgan fingerprint density at radius 2 is 1.28 bits per heavy atom. The first-order valence-electron chi connectivity index (χ1n) is 21.0. The van der Waals surface area contributed by atoms with E-state index in [1.165, 1.54) is 64.2 Å². The number of aliphatic carboxylic acids is 1. The predicted molar refractivity (Wildman–Crippen MR) is 209 cm³/mol. The number of carboxylic acid groups (broad SMARTS) is 1. The van der Waals surface area contributed by atoms with Crippen LogP contribution in [0.2, 0.25) is 0 Å². The lowest BCUT2D eigenvalue weighted by molar-refractivity contribution is -0.155. The number of hydrogen-bond donors (Lipinski definition) is 3. The van der Waals surface area contributed by atoms with Crippen LogP contribution < -0.4 is 10.6 Å². The summed E-state index contributed by atoms with van der Waals surface area (Å²) in [5.74, 6) is 2.69. The predicted octanol–water partition coefficient (Wildman–Crippen LogP) is 9.40. The Bertz CT molecular complexity index is 1420. The largest absolute Gasteiger partial charge is 0.481 e. The zero-order valence-electron chi connectivity index (χ0n) is 34.8. The summed E-state index contributed by atoms with van der Waals surface area (Å²) < 4.78 is 17.0. The average molecular weight is 757 g/mol. The minimum atomic E-state index is -0.845. The molecule has 2 aliphatic carbocycles. The first kappa shape index (κ1) is 43.9. The second kappa shape index (κ2) is 20.3. The Morgan fingerprint density at radius 3 is 1.85 bits per heavy atom. The molecular weight excluding hydrogens is 684 g/mol. The first-order valence-corrected chi connectivity index (χ1v) is 21.0. The third kappa shape index (κ3) is 16.5. The summed E-state index contributed by atoms with van der Waals surface area (Å²) in [6.07, 6.45) is 18.6. The van der Waals surface area contributed by atoms with Gasteiger partial charge in [0.05, 0.1) is 25.9 Å². The quantitative estimate of drug-likeness (QED) is 0.104. The highest BCUT2D eigenvalue weighted by Crippen LogP contribution is 2.38. The van der Waals surface area contributed by atoms with Crippen LogP contribution in [0, 0.1) is 17.8 Å². The van der Waals surface area contributed by atoms with Crippen molar-refractivity contribution < 1.29 is 28.5 Å². The number of nitrogens with zero attached hydrogens (tertiary/aromatic N) is 4. The summed E-state index contributed by atoms with van der Waals surface area (Å²) in [4.78, 5) is 33.9. The van der Waals surface area contributed by atoms with Gasteiger partial charge in [0, 0.05) is 22.9 Å². The third-order valence-corrected chi connectivity index (χ3v) is 11.2. The molecule has 3 N–H and O–H groups in total. The number of aromatic nitrogens is 4. The Morgan fingerprint density at radius 1 is 0.741 bits per heavy atom. The van der Waals surface area contributed by atoms with Crippen LogP contribution in [0.3, 0.4) is 0 Å². The maximum atomic E-state index is 12.9. The average Bonchev–Trinajstić information content (AvgIpc) is 3.75. The van der Waals surface area contributed by atoms with Gasteiger partial charge in [0.1, 0.15) is 5.60 Å². The summed E-state index contributed by atoms with van der Waals surface area (Å²) in [7, 11) is 0. The highest BCUT2D eigenvalue weighted by atomic mass is 16.6. The van der Waals surface area contributed by atoms with E-state index in [0.29, 0.717) is 48.4 Å². The van der Waals surface area contributed by atoms with Crippen LogP contribution in [0.5, 0.6) is 0 Å². The normalized spacial score (nSPS) is 20.1. The molecule has 0 aliphatic heterocycles. The number of hydrogen-bond acceptors (Lipinski definition) is 11.